The number of nitrogens with one attached hydrogen (secondary N) is 1. The van der Waals surface area contributed by atoms with E-state index in [9.17, 15) is 17.6 Å². The molecule has 17 heavy (non-hydrogen) atoms. The summed E-state index contributed by atoms with van der Waals surface area (Å²) in [5.74, 6) is -1.25. The van der Waals surface area contributed by atoms with E-state index in [4.69, 9.17) is 4.74 Å². The first-order valence-electron chi connectivity index (χ1n) is 5.16. The predicted octanol–water partition coefficient (Wildman–Crippen LogP) is 2.51. The summed E-state index contributed by atoms with van der Waals surface area (Å²) in [6, 6.07) is 2.70. The molecule has 2 rings (SSSR count). The molecule has 1 N–H and O–H groups in total. The number of rotatable bonds is 1. The molecular formula is C11H11F4NO. The molecule has 1 aromatic carbocycles. The van der Waals surface area contributed by atoms with Gasteiger partial charge in [-0.2, -0.15) is 13.2 Å². The number of benzene rings is 1. The zero-order chi connectivity index (χ0) is 12.5. The van der Waals surface area contributed by atoms with Crippen LogP contribution in [0.5, 0.6) is 0 Å². The molecule has 0 saturated carbocycles. The molecule has 1 aliphatic heterocycles. The average molecular weight is 249 g/mol. The Morgan fingerprint density at radius 3 is 2.59 bits per heavy atom. The van der Waals surface area contributed by atoms with E-state index in [1.165, 1.54) is 6.07 Å². The normalized spacial score (nSPS) is 21.5. The Kier molecular flexibility index (Phi) is 3.35. The van der Waals surface area contributed by atoms with Crippen LogP contribution in [0.4, 0.5) is 17.6 Å². The van der Waals surface area contributed by atoms with Gasteiger partial charge in [-0.05, 0) is 17.7 Å². The molecule has 1 heterocycles. The van der Waals surface area contributed by atoms with Crippen LogP contribution in [0.3, 0.4) is 0 Å². The first-order valence-corrected chi connectivity index (χ1v) is 5.16. The lowest BCUT2D eigenvalue weighted by molar-refractivity contribution is -0.140. The van der Waals surface area contributed by atoms with Crippen LogP contribution < -0.4 is 5.32 Å². The van der Waals surface area contributed by atoms with E-state index >= 15 is 0 Å². The van der Waals surface area contributed by atoms with Crippen molar-refractivity contribution in [2.45, 2.75) is 12.2 Å². The molecule has 1 saturated heterocycles. The van der Waals surface area contributed by atoms with Gasteiger partial charge < -0.3 is 10.1 Å². The third-order valence-corrected chi connectivity index (χ3v) is 2.62. The topological polar surface area (TPSA) is 21.3 Å². The standard InChI is InChI=1S/C11H11F4NO/c12-9-5-7(10-6-17-4-3-16-10)1-2-8(9)11(13,14)15/h1-2,5,10,16H,3-4,6H2/t10-/m1/s1. The van der Waals surface area contributed by atoms with Crippen molar-refractivity contribution in [1.82, 2.24) is 5.32 Å². The van der Waals surface area contributed by atoms with E-state index in [1.807, 2.05) is 0 Å². The van der Waals surface area contributed by atoms with Crippen molar-refractivity contribution < 1.29 is 22.3 Å². The lowest BCUT2D eigenvalue weighted by Gasteiger charge is -2.24. The Bertz CT molecular complexity index is 399. The van der Waals surface area contributed by atoms with E-state index in [1.54, 1.807) is 0 Å². The van der Waals surface area contributed by atoms with Gasteiger partial charge in [0, 0.05) is 6.54 Å². The minimum atomic E-state index is -4.65. The highest BCUT2D eigenvalue weighted by Gasteiger charge is 2.34. The van der Waals surface area contributed by atoms with Gasteiger partial charge in [0.25, 0.3) is 0 Å². The highest BCUT2D eigenvalue weighted by molar-refractivity contribution is 5.28. The SMILES string of the molecule is Fc1cc([C@H]2COCCN2)ccc1C(F)(F)F. The van der Waals surface area contributed by atoms with Gasteiger partial charge >= 0.3 is 6.18 Å². The smallest absolute Gasteiger partial charge is 0.378 e. The molecule has 0 spiro atoms. The summed E-state index contributed by atoms with van der Waals surface area (Å²) in [5, 5.41) is 3.05. The summed E-state index contributed by atoms with van der Waals surface area (Å²) in [7, 11) is 0. The van der Waals surface area contributed by atoms with Crippen LogP contribution in [-0.2, 0) is 10.9 Å². The number of hydrogen-bond donors (Lipinski definition) is 1. The number of alkyl halides is 3. The van der Waals surface area contributed by atoms with Crippen LogP contribution in [0.2, 0.25) is 0 Å². The molecule has 1 aliphatic rings. The molecule has 0 aromatic heterocycles. The number of morpholine rings is 1. The Morgan fingerprint density at radius 1 is 1.29 bits per heavy atom. The van der Waals surface area contributed by atoms with Crippen LogP contribution in [0.1, 0.15) is 17.2 Å². The van der Waals surface area contributed by atoms with Crippen molar-refractivity contribution in [2.24, 2.45) is 0 Å². The average Bonchev–Trinajstić information content (AvgIpc) is 2.28. The largest absolute Gasteiger partial charge is 0.419 e. The van der Waals surface area contributed by atoms with Gasteiger partial charge in [-0.1, -0.05) is 6.07 Å². The predicted molar refractivity (Wildman–Crippen MR) is 53.0 cm³/mol. The molecule has 0 amide bonds. The molecule has 94 valence electrons. The van der Waals surface area contributed by atoms with Gasteiger partial charge in [-0.3, -0.25) is 0 Å². The summed E-state index contributed by atoms with van der Waals surface area (Å²) in [6.45, 7) is 1.50. The van der Waals surface area contributed by atoms with Gasteiger partial charge in [0.1, 0.15) is 5.82 Å². The van der Waals surface area contributed by atoms with Crippen molar-refractivity contribution in [1.29, 1.82) is 0 Å². The van der Waals surface area contributed by atoms with Crippen molar-refractivity contribution in [3.63, 3.8) is 0 Å². The fourth-order valence-electron chi connectivity index (χ4n) is 1.76. The second kappa shape index (κ2) is 4.62. The molecule has 1 atom stereocenters. The minimum Gasteiger partial charge on any atom is -0.378 e. The van der Waals surface area contributed by atoms with Crippen molar-refractivity contribution in [3.05, 3.63) is 35.1 Å². The molecule has 0 bridgehead atoms. The quantitative estimate of drug-likeness (QED) is 0.772. The fraction of sp³-hybridized carbons (Fsp3) is 0.455. The van der Waals surface area contributed by atoms with Crippen LogP contribution >= 0.6 is 0 Å². The molecule has 0 unspecified atom stereocenters. The van der Waals surface area contributed by atoms with E-state index in [-0.39, 0.29) is 6.04 Å². The highest BCUT2D eigenvalue weighted by Crippen LogP contribution is 2.32. The van der Waals surface area contributed by atoms with Gasteiger partial charge in [0.05, 0.1) is 24.8 Å². The lowest BCUT2D eigenvalue weighted by Crippen LogP contribution is -2.34. The fourth-order valence-corrected chi connectivity index (χ4v) is 1.76. The summed E-state index contributed by atoms with van der Waals surface area (Å²) >= 11 is 0. The third-order valence-electron chi connectivity index (χ3n) is 2.62. The maximum absolute atomic E-state index is 13.3. The summed E-state index contributed by atoms with van der Waals surface area (Å²) in [5.41, 5.74) is -0.770. The van der Waals surface area contributed by atoms with Gasteiger partial charge in [0.2, 0.25) is 0 Å². The maximum atomic E-state index is 13.3. The Morgan fingerprint density at radius 2 is 2.06 bits per heavy atom. The maximum Gasteiger partial charge on any atom is 0.419 e. The van der Waals surface area contributed by atoms with E-state index < -0.39 is 17.6 Å². The van der Waals surface area contributed by atoms with E-state index in [0.717, 1.165) is 12.1 Å². The Hall–Kier alpha value is -1.14. The monoisotopic (exact) mass is 249 g/mol. The molecular weight excluding hydrogens is 238 g/mol. The second-order valence-electron chi connectivity index (χ2n) is 3.82. The first-order chi connectivity index (χ1) is 7.98. The molecule has 1 fully saturated rings. The first kappa shape index (κ1) is 12.3. The number of ether oxygens (including phenoxy) is 1. The zero-order valence-electron chi connectivity index (χ0n) is 8.85. The minimum absolute atomic E-state index is 0.250. The van der Waals surface area contributed by atoms with Crippen LogP contribution in [0.25, 0.3) is 0 Å². The number of halogens is 4. The van der Waals surface area contributed by atoms with Gasteiger partial charge in [0.15, 0.2) is 0 Å². The summed E-state index contributed by atoms with van der Waals surface area (Å²) < 4.78 is 55.5. The summed E-state index contributed by atoms with van der Waals surface area (Å²) in [4.78, 5) is 0. The molecule has 0 radical (unpaired) electrons. The van der Waals surface area contributed by atoms with Crippen molar-refractivity contribution in [2.75, 3.05) is 19.8 Å². The van der Waals surface area contributed by atoms with E-state index in [0.29, 0.717) is 25.3 Å². The van der Waals surface area contributed by atoms with Gasteiger partial charge in [-0.15, -0.1) is 0 Å². The van der Waals surface area contributed by atoms with Crippen LogP contribution in [-0.4, -0.2) is 19.8 Å². The Balaban J connectivity index is 2.24. The molecule has 6 heteroatoms. The lowest BCUT2D eigenvalue weighted by atomic mass is 10.0. The third kappa shape index (κ3) is 2.76. The zero-order valence-corrected chi connectivity index (χ0v) is 8.85. The highest BCUT2D eigenvalue weighted by atomic mass is 19.4. The van der Waals surface area contributed by atoms with E-state index in [2.05, 4.69) is 5.32 Å². The van der Waals surface area contributed by atoms with Gasteiger partial charge in [-0.25, -0.2) is 4.39 Å². The van der Waals surface area contributed by atoms with Crippen molar-refractivity contribution in [3.8, 4) is 0 Å². The van der Waals surface area contributed by atoms with Crippen LogP contribution in [0.15, 0.2) is 18.2 Å². The number of hydrogen-bond acceptors (Lipinski definition) is 2. The molecule has 2 nitrogen and oxygen atoms in total. The summed E-state index contributed by atoms with van der Waals surface area (Å²) in [6.07, 6.45) is -4.65. The van der Waals surface area contributed by atoms with Crippen LogP contribution in [0, 0.1) is 5.82 Å². The van der Waals surface area contributed by atoms with Crippen molar-refractivity contribution >= 4 is 0 Å². The molecule has 0 aliphatic carbocycles. The second-order valence-corrected chi connectivity index (χ2v) is 3.82. The molecule has 1 aromatic rings. The Labute approximate surface area is 95.6 Å².